The van der Waals surface area contributed by atoms with Crippen LogP contribution in [0.15, 0.2) is 29.8 Å². The molecule has 3 rings (SSSR count). The fourth-order valence-electron chi connectivity index (χ4n) is 2.47. The zero-order valence-electron chi connectivity index (χ0n) is 11.0. The van der Waals surface area contributed by atoms with E-state index >= 15 is 0 Å². The lowest BCUT2D eigenvalue weighted by Gasteiger charge is -2.16. The molecule has 0 spiro atoms. The Balaban J connectivity index is 2.24. The van der Waals surface area contributed by atoms with Gasteiger partial charge in [0.15, 0.2) is 0 Å². The van der Waals surface area contributed by atoms with Crippen LogP contribution in [0, 0.1) is 6.92 Å². The van der Waals surface area contributed by atoms with Crippen LogP contribution in [0.2, 0.25) is 0 Å². The summed E-state index contributed by atoms with van der Waals surface area (Å²) in [6.45, 7) is 4.20. The number of aromatic nitrogens is 3. The van der Waals surface area contributed by atoms with Crippen LogP contribution in [0.4, 0.5) is 5.95 Å². The van der Waals surface area contributed by atoms with Crippen LogP contribution in [-0.4, -0.2) is 14.5 Å². The Labute approximate surface area is 115 Å². The predicted molar refractivity (Wildman–Crippen MR) is 79.4 cm³/mol. The number of imidazole rings is 1. The fraction of sp³-hybridized carbons (Fsp3) is 0.286. The highest BCUT2D eigenvalue weighted by molar-refractivity contribution is 7.09. The van der Waals surface area contributed by atoms with Crippen LogP contribution in [0.1, 0.15) is 30.0 Å². The molecule has 1 atom stereocenters. The Bertz CT molecular complexity index is 700. The molecule has 0 aliphatic carbocycles. The molecule has 5 heteroatoms. The van der Waals surface area contributed by atoms with Gasteiger partial charge in [0.1, 0.15) is 5.01 Å². The number of anilines is 1. The van der Waals surface area contributed by atoms with Crippen LogP contribution in [-0.2, 0) is 0 Å². The van der Waals surface area contributed by atoms with E-state index in [0.717, 1.165) is 28.0 Å². The molecule has 0 radical (unpaired) electrons. The lowest BCUT2D eigenvalue weighted by Crippen LogP contribution is -2.12. The van der Waals surface area contributed by atoms with Gasteiger partial charge in [-0.25, -0.2) is 9.97 Å². The summed E-state index contributed by atoms with van der Waals surface area (Å²) in [7, 11) is 0. The van der Waals surface area contributed by atoms with Gasteiger partial charge in [0, 0.05) is 11.6 Å². The van der Waals surface area contributed by atoms with Gasteiger partial charge in [0.2, 0.25) is 5.95 Å². The second kappa shape index (κ2) is 4.66. The molecule has 4 nitrogen and oxygen atoms in total. The number of nitrogens with two attached hydrogens (primary N) is 1. The van der Waals surface area contributed by atoms with Crippen LogP contribution in [0.25, 0.3) is 11.0 Å². The van der Waals surface area contributed by atoms with Crippen molar-refractivity contribution in [2.75, 3.05) is 5.73 Å². The number of aryl methyl sites for hydroxylation is 1. The molecule has 0 fully saturated rings. The first-order valence-corrected chi connectivity index (χ1v) is 7.22. The Morgan fingerprint density at radius 3 is 2.95 bits per heavy atom. The van der Waals surface area contributed by atoms with Crippen molar-refractivity contribution in [1.82, 2.24) is 14.5 Å². The molecule has 1 unspecified atom stereocenters. The van der Waals surface area contributed by atoms with Crippen molar-refractivity contribution in [3.63, 3.8) is 0 Å². The van der Waals surface area contributed by atoms with E-state index in [4.69, 9.17) is 5.73 Å². The summed E-state index contributed by atoms with van der Waals surface area (Å²) in [6.07, 6.45) is 2.78. The number of thiazole rings is 1. The van der Waals surface area contributed by atoms with Crippen molar-refractivity contribution in [3.05, 3.63) is 40.3 Å². The quantitative estimate of drug-likeness (QED) is 0.795. The number of benzene rings is 1. The van der Waals surface area contributed by atoms with Crippen LogP contribution < -0.4 is 5.73 Å². The van der Waals surface area contributed by atoms with Gasteiger partial charge in [-0.05, 0) is 25.0 Å². The highest BCUT2D eigenvalue weighted by Crippen LogP contribution is 2.31. The van der Waals surface area contributed by atoms with Gasteiger partial charge in [0.25, 0.3) is 0 Å². The van der Waals surface area contributed by atoms with E-state index in [9.17, 15) is 0 Å². The minimum Gasteiger partial charge on any atom is -0.369 e. The Hall–Kier alpha value is -1.88. The van der Waals surface area contributed by atoms with E-state index < -0.39 is 0 Å². The van der Waals surface area contributed by atoms with Crippen molar-refractivity contribution in [3.8, 4) is 0 Å². The van der Waals surface area contributed by atoms with Crippen LogP contribution in [0.3, 0.4) is 0 Å². The molecule has 3 aromatic rings. The highest BCUT2D eigenvalue weighted by atomic mass is 32.1. The minimum atomic E-state index is 0.159. The van der Waals surface area contributed by atoms with Gasteiger partial charge in [-0.3, -0.25) is 0 Å². The summed E-state index contributed by atoms with van der Waals surface area (Å²) in [6, 6.07) is 6.33. The SMILES string of the molecule is CCC(c1nccs1)n1c(N)nc2c(C)cccc21. The summed E-state index contributed by atoms with van der Waals surface area (Å²) < 4.78 is 2.10. The molecule has 2 aromatic heterocycles. The Kier molecular flexibility index (Phi) is 2.98. The monoisotopic (exact) mass is 272 g/mol. The maximum Gasteiger partial charge on any atom is 0.201 e. The van der Waals surface area contributed by atoms with Gasteiger partial charge < -0.3 is 10.3 Å². The normalized spacial score (nSPS) is 12.9. The molecule has 0 amide bonds. The Morgan fingerprint density at radius 1 is 1.42 bits per heavy atom. The number of fused-ring (bicyclic) bond motifs is 1. The zero-order valence-corrected chi connectivity index (χ0v) is 11.8. The predicted octanol–water partition coefficient (Wildman–Crippen LogP) is 3.38. The molecule has 2 heterocycles. The van der Waals surface area contributed by atoms with Crippen LogP contribution >= 0.6 is 11.3 Å². The number of para-hydroxylation sites is 1. The van der Waals surface area contributed by atoms with Gasteiger partial charge in [-0.15, -0.1) is 11.3 Å². The van der Waals surface area contributed by atoms with Crippen molar-refractivity contribution >= 4 is 28.3 Å². The average molecular weight is 272 g/mol. The molecule has 0 aliphatic heterocycles. The third-order valence-corrected chi connectivity index (χ3v) is 4.26. The van der Waals surface area contributed by atoms with Gasteiger partial charge in [-0.2, -0.15) is 0 Å². The second-order valence-electron chi connectivity index (χ2n) is 4.58. The van der Waals surface area contributed by atoms with Crippen molar-refractivity contribution in [2.45, 2.75) is 26.3 Å². The van der Waals surface area contributed by atoms with Gasteiger partial charge >= 0.3 is 0 Å². The number of nitrogens with zero attached hydrogens (tertiary/aromatic N) is 3. The molecule has 0 saturated heterocycles. The first kappa shape index (κ1) is 12.2. The number of nitrogen functional groups attached to an aromatic ring is 1. The van der Waals surface area contributed by atoms with E-state index in [2.05, 4.69) is 40.5 Å². The van der Waals surface area contributed by atoms with Gasteiger partial charge in [0.05, 0.1) is 17.1 Å². The maximum atomic E-state index is 6.13. The zero-order chi connectivity index (χ0) is 13.4. The first-order valence-electron chi connectivity index (χ1n) is 6.34. The molecule has 1 aromatic carbocycles. The standard InChI is InChI=1S/C14H16N4S/c1-3-10(13-16-7-8-19-13)18-11-6-4-5-9(2)12(11)17-14(18)15/h4-8,10H,3H2,1-2H3,(H2,15,17). The summed E-state index contributed by atoms with van der Waals surface area (Å²) in [5.41, 5.74) is 9.35. The smallest absolute Gasteiger partial charge is 0.201 e. The summed E-state index contributed by atoms with van der Waals surface area (Å²) in [5.74, 6) is 0.561. The van der Waals surface area contributed by atoms with E-state index in [-0.39, 0.29) is 6.04 Å². The van der Waals surface area contributed by atoms with Crippen molar-refractivity contribution in [1.29, 1.82) is 0 Å². The van der Waals surface area contributed by atoms with Crippen molar-refractivity contribution in [2.24, 2.45) is 0 Å². The summed E-state index contributed by atoms with van der Waals surface area (Å²) >= 11 is 1.66. The Morgan fingerprint density at radius 2 is 2.26 bits per heavy atom. The number of hydrogen-bond acceptors (Lipinski definition) is 4. The molecular formula is C14H16N4S. The summed E-state index contributed by atoms with van der Waals surface area (Å²) in [5, 5.41) is 3.08. The number of hydrogen-bond donors (Lipinski definition) is 1. The van der Waals surface area contributed by atoms with E-state index in [1.807, 2.05) is 17.6 Å². The molecule has 0 bridgehead atoms. The molecule has 2 N–H and O–H groups in total. The van der Waals surface area contributed by atoms with E-state index in [1.54, 1.807) is 11.3 Å². The first-order chi connectivity index (χ1) is 9.22. The molecule has 19 heavy (non-hydrogen) atoms. The van der Waals surface area contributed by atoms with Crippen LogP contribution in [0.5, 0.6) is 0 Å². The van der Waals surface area contributed by atoms with E-state index in [0.29, 0.717) is 5.95 Å². The fourth-order valence-corrected chi connectivity index (χ4v) is 3.28. The van der Waals surface area contributed by atoms with Gasteiger partial charge in [-0.1, -0.05) is 19.1 Å². The second-order valence-corrected chi connectivity index (χ2v) is 5.50. The third-order valence-electron chi connectivity index (χ3n) is 3.38. The summed E-state index contributed by atoms with van der Waals surface area (Å²) in [4.78, 5) is 8.94. The number of rotatable bonds is 3. The molecular weight excluding hydrogens is 256 g/mol. The molecule has 0 aliphatic rings. The average Bonchev–Trinajstić information content (AvgIpc) is 3.01. The third kappa shape index (κ3) is 1.90. The van der Waals surface area contributed by atoms with Crippen molar-refractivity contribution < 1.29 is 0 Å². The molecule has 0 saturated carbocycles. The maximum absolute atomic E-state index is 6.13. The molecule has 98 valence electrons. The lowest BCUT2D eigenvalue weighted by atomic mass is 10.2. The van der Waals surface area contributed by atoms with E-state index in [1.165, 1.54) is 0 Å². The topological polar surface area (TPSA) is 56.7 Å². The highest BCUT2D eigenvalue weighted by Gasteiger charge is 2.20. The lowest BCUT2D eigenvalue weighted by molar-refractivity contribution is 0.585. The minimum absolute atomic E-state index is 0.159. The largest absolute Gasteiger partial charge is 0.369 e.